The molecule has 41 heavy (non-hydrogen) atoms. The van der Waals surface area contributed by atoms with Gasteiger partial charge in [-0.25, -0.2) is 0 Å². The normalized spacial score (nSPS) is 34.4. The van der Waals surface area contributed by atoms with Crippen LogP contribution in [-0.2, 0) is 21.5 Å². The van der Waals surface area contributed by atoms with Crippen LogP contribution in [0.25, 0.3) is 0 Å². The summed E-state index contributed by atoms with van der Waals surface area (Å²) in [6.07, 6.45) is 4.77. The zero-order chi connectivity index (χ0) is 30.2. The summed E-state index contributed by atoms with van der Waals surface area (Å²) in [7, 11) is 20.0. The van der Waals surface area contributed by atoms with E-state index in [-0.39, 0.29) is 46.5 Å². The van der Waals surface area contributed by atoms with Crippen molar-refractivity contribution in [2.75, 3.05) is 39.3 Å². The molecule has 0 aromatic rings. The second-order valence-electron chi connectivity index (χ2n) is 13.9. The Hall–Kier alpha value is 1.69. The summed E-state index contributed by atoms with van der Waals surface area (Å²) in [5.41, 5.74) is 0.381. The topological polar surface area (TPSA) is 43.0 Å². The molecule has 0 heterocycles. The Morgan fingerprint density at radius 3 is 1.05 bits per heavy atom. The third kappa shape index (κ3) is 8.54. The molecule has 4 nitrogen and oxygen atoms in total. The number of fused-ring (bicyclic) bond motifs is 4. The van der Waals surface area contributed by atoms with Crippen LogP contribution in [0.2, 0.25) is 0 Å². The van der Waals surface area contributed by atoms with Crippen LogP contribution in [0, 0.1) is 45.3 Å². The predicted octanol–water partition coefficient (Wildman–Crippen LogP) is -0.131. The van der Waals surface area contributed by atoms with E-state index in [2.05, 4.69) is 69.2 Å². The number of hydrogen-bond acceptors (Lipinski definition) is 2. The molecule has 2 N–H and O–H groups in total. The molecule has 0 amide bonds. The van der Waals surface area contributed by atoms with Gasteiger partial charge in [0.2, 0.25) is 0 Å². The van der Waals surface area contributed by atoms with Gasteiger partial charge in [0.05, 0.1) is 51.1 Å². The van der Waals surface area contributed by atoms with Gasteiger partial charge in [0, 0.05) is 10.8 Å². The minimum absolute atomic E-state index is 0. The Labute approximate surface area is 282 Å². The molecule has 4 aliphatic carbocycles. The van der Waals surface area contributed by atoms with E-state index in [9.17, 15) is 9.59 Å². The SMILES string of the molecule is CC[NH+](CC)CC1C(=O)C2(C)CCC1C2(C)C.CC[NH+](CC)CC1C(=O)C2(C)CCC1C2(C)C.[Cl-].[Cl-].[Cl][Pt]([Cl])([Cl])[Cl]. The number of quaternary nitrogens is 2. The molecule has 4 rings (SSSR count). The summed E-state index contributed by atoms with van der Waals surface area (Å²) < 4.78 is 0. The number of hydrogen-bond donors (Lipinski definition) is 2. The third-order valence-corrected chi connectivity index (χ3v) is 12.4. The molecule has 0 saturated heterocycles. The van der Waals surface area contributed by atoms with Gasteiger partial charge in [-0.05, 0) is 76.0 Å². The van der Waals surface area contributed by atoms with Gasteiger partial charge in [-0.1, -0.05) is 41.5 Å². The van der Waals surface area contributed by atoms with E-state index >= 15 is 0 Å². The maximum absolute atomic E-state index is 12.7. The Kier molecular flexibility index (Phi) is 16.7. The third-order valence-electron chi connectivity index (χ3n) is 12.4. The molecule has 0 spiro atoms. The van der Waals surface area contributed by atoms with E-state index in [1.54, 1.807) is 9.80 Å². The molecule has 250 valence electrons. The molecule has 4 bridgehead atoms. The fourth-order valence-electron chi connectivity index (χ4n) is 8.72. The maximum atomic E-state index is 12.7. The van der Waals surface area contributed by atoms with Gasteiger partial charge in [-0.2, -0.15) is 0 Å². The Morgan fingerprint density at radius 2 is 0.878 bits per heavy atom. The van der Waals surface area contributed by atoms with Crippen molar-refractivity contribution in [3.8, 4) is 0 Å². The first-order valence-corrected chi connectivity index (χ1v) is 26.3. The van der Waals surface area contributed by atoms with Crippen molar-refractivity contribution in [3.05, 3.63) is 0 Å². The van der Waals surface area contributed by atoms with Gasteiger partial charge in [0.25, 0.3) is 0 Å². The van der Waals surface area contributed by atoms with Crippen LogP contribution < -0.4 is 34.6 Å². The number of halogens is 6. The summed E-state index contributed by atoms with van der Waals surface area (Å²) in [5.74, 6) is 3.06. The van der Waals surface area contributed by atoms with E-state index < -0.39 is 11.9 Å². The number of carbonyl (C=O) groups is 2. The molecule has 0 radical (unpaired) electrons. The van der Waals surface area contributed by atoms with Crippen molar-refractivity contribution in [1.29, 1.82) is 0 Å². The summed E-state index contributed by atoms with van der Waals surface area (Å²) in [6.45, 7) is 29.3. The first kappa shape index (κ1) is 42.7. The molecule has 0 aromatic carbocycles. The van der Waals surface area contributed by atoms with Crippen molar-refractivity contribution in [1.82, 2.24) is 0 Å². The quantitative estimate of drug-likeness (QED) is 0.358. The van der Waals surface area contributed by atoms with Gasteiger partial charge in [-0.3, -0.25) is 9.59 Å². The van der Waals surface area contributed by atoms with Gasteiger partial charge in [0.15, 0.2) is 0 Å². The van der Waals surface area contributed by atoms with Crippen molar-refractivity contribution in [2.24, 2.45) is 45.3 Å². The minimum atomic E-state index is -3.06. The van der Waals surface area contributed by atoms with E-state index in [0.29, 0.717) is 35.2 Å². The standard InChI is InChI=1S/2C15H27NO.6ClH.Pt/c2*1-6-16(7-2)10-11-12-8-9-15(5,13(11)17)14(12,3)4;;;;;;;/h2*11-12H,6-10H2,1-5H3;6*1H;/q;;;;;;;;+4/p-4. The van der Waals surface area contributed by atoms with E-state index in [4.69, 9.17) is 37.7 Å². The van der Waals surface area contributed by atoms with Gasteiger partial charge in [-0.15, -0.1) is 0 Å². The summed E-state index contributed by atoms with van der Waals surface area (Å²) >= 11 is -3.06. The van der Waals surface area contributed by atoms with Crippen molar-refractivity contribution in [2.45, 2.75) is 94.9 Å². The number of nitrogens with one attached hydrogen (secondary N) is 2. The Morgan fingerprint density at radius 1 is 0.634 bits per heavy atom. The van der Waals surface area contributed by atoms with Crippen LogP contribution in [0.15, 0.2) is 0 Å². The van der Waals surface area contributed by atoms with E-state index in [1.165, 1.54) is 12.8 Å². The predicted molar refractivity (Wildman–Crippen MR) is 163 cm³/mol. The molecule has 0 aliphatic heterocycles. The van der Waals surface area contributed by atoms with Gasteiger partial charge in [0.1, 0.15) is 11.6 Å². The van der Waals surface area contributed by atoms with Crippen LogP contribution in [0.3, 0.4) is 0 Å². The van der Waals surface area contributed by atoms with Crippen LogP contribution in [0.4, 0.5) is 0 Å². The monoisotopic (exact) mass is 881 g/mol. The molecule has 11 heteroatoms. The first-order valence-electron chi connectivity index (χ1n) is 15.0. The summed E-state index contributed by atoms with van der Waals surface area (Å²) in [6, 6.07) is 0. The molecule has 0 aromatic heterocycles. The zero-order valence-electron chi connectivity index (χ0n) is 26.8. The Balaban J connectivity index is 0.000000644. The second-order valence-corrected chi connectivity index (χ2v) is 33.6. The molecule has 4 fully saturated rings. The number of Topliss-reactive ketones (excluding diaryl/α,β-unsaturated/α-hetero) is 2. The average molecular weight is 885 g/mol. The van der Waals surface area contributed by atoms with Gasteiger partial charge < -0.3 is 34.6 Å². The molecule has 6 unspecified atom stereocenters. The molecule has 4 aliphatic rings. The second kappa shape index (κ2) is 16.0. The van der Waals surface area contributed by atoms with Crippen LogP contribution in [-0.4, -0.2) is 50.8 Å². The van der Waals surface area contributed by atoms with Gasteiger partial charge >= 0.3 is 49.6 Å². The van der Waals surface area contributed by atoms with E-state index in [0.717, 1.165) is 52.1 Å². The number of rotatable bonds is 8. The first-order chi connectivity index (χ1) is 17.8. The fourth-order valence-corrected chi connectivity index (χ4v) is 8.72. The molecule has 4 saturated carbocycles. The molecule has 6 atom stereocenters. The molecular weight excluding hydrogens is 828 g/mol. The summed E-state index contributed by atoms with van der Waals surface area (Å²) in [4.78, 5) is 28.5. The van der Waals surface area contributed by atoms with Crippen LogP contribution in [0.5, 0.6) is 0 Å². The van der Waals surface area contributed by atoms with Crippen molar-refractivity contribution in [3.63, 3.8) is 0 Å². The summed E-state index contributed by atoms with van der Waals surface area (Å²) in [5, 5.41) is 0. The zero-order valence-corrected chi connectivity index (χ0v) is 33.6. The number of ketones is 2. The number of carbonyl (C=O) groups excluding carboxylic acids is 2. The van der Waals surface area contributed by atoms with E-state index in [1.807, 2.05) is 0 Å². The average Bonchev–Trinajstić information content (AvgIpc) is 3.32. The molecular formula is C30H56Cl6N2O2Pt. The fraction of sp³-hybridized carbons (Fsp3) is 0.933. The van der Waals surface area contributed by atoms with Crippen LogP contribution in [0.1, 0.15) is 94.9 Å². The van der Waals surface area contributed by atoms with Crippen molar-refractivity contribution < 1.29 is 56.1 Å². The Bertz CT molecular complexity index is 808. The van der Waals surface area contributed by atoms with Crippen LogP contribution >= 0.6 is 37.7 Å². The van der Waals surface area contributed by atoms with Crippen molar-refractivity contribution >= 4 is 49.2 Å².